The number of carbonyl (C=O) groups excluding carboxylic acids is 3. The minimum Gasteiger partial charge on any atom is -0.494 e. The molecule has 2 amide bonds. The molecule has 3 rings (SSSR count). The van der Waals surface area contributed by atoms with E-state index in [0.29, 0.717) is 23.5 Å². The van der Waals surface area contributed by atoms with Crippen molar-refractivity contribution in [3.05, 3.63) is 88.4 Å². The van der Waals surface area contributed by atoms with Crippen LogP contribution < -0.4 is 25.0 Å². The lowest BCUT2D eigenvalue weighted by atomic mass is 10.2. The zero-order valence-electron chi connectivity index (χ0n) is 19.6. The molecule has 0 unspecified atom stereocenters. The highest BCUT2D eigenvalue weighted by atomic mass is 35.5. The first-order valence-corrected chi connectivity index (χ1v) is 11.3. The number of nitrogens with zero attached hydrogens (tertiary/aromatic N) is 1. The van der Waals surface area contributed by atoms with Gasteiger partial charge in [0.1, 0.15) is 5.75 Å². The maximum absolute atomic E-state index is 12.4. The van der Waals surface area contributed by atoms with Gasteiger partial charge < -0.3 is 19.5 Å². The Balaban J connectivity index is 1.52. The van der Waals surface area contributed by atoms with Gasteiger partial charge in [-0.05, 0) is 67.1 Å². The van der Waals surface area contributed by atoms with E-state index in [4.69, 9.17) is 25.8 Å². The average molecular weight is 510 g/mol. The molecule has 3 aromatic rings. The van der Waals surface area contributed by atoms with Crippen LogP contribution in [-0.2, 0) is 4.79 Å². The summed E-state index contributed by atoms with van der Waals surface area (Å²) in [5, 5.41) is 6.67. The van der Waals surface area contributed by atoms with E-state index in [0.717, 1.165) is 0 Å². The molecule has 0 aromatic heterocycles. The number of halogens is 1. The highest BCUT2D eigenvalue weighted by Crippen LogP contribution is 2.29. The summed E-state index contributed by atoms with van der Waals surface area (Å²) in [5.74, 6) is -0.398. The molecule has 0 bridgehead atoms. The van der Waals surface area contributed by atoms with Crippen molar-refractivity contribution in [2.24, 2.45) is 5.10 Å². The van der Waals surface area contributed by atoms with Crippen LogP contribution in [0.1, 0.15) is 33.2 Å². The number of carbonyl (C=O) groups is 3. The van der Waals surface area contributed by atoms with E-state index in [9.17, 15) is 14.4 Å². The fraction of sp³-hybridized carbons (Fsp3) is 0.154. The van der Waals surface area contributed by atoms with E-state index >= 15 is 0 Å². The number of ether oxygens (including phenoxy) is 3. The van der Waals surface area contributed by atoms with Crippen LogP contribution in [0.3, 0.4) is 0 Å². The number of nitrogens with one attached hydrogen (secondary N) is 2. The van der Waals surface area contributed by atoms with Crippen LogP contribution in [0.5, 0.6) is 17.2 Å². The zero-order valence-corrected chi connectivity index (χ0v) is 20.4. The first-order valence-electron chi connectivity index (χ1n) is 10.9. The lowest BCUT2D eigenvalue weighted by Crippen LogP contribution is -2.34. The fourth-order valence-corrected chi connectivity index (χ4v) is 3.19. The molecule has 9 nitrogen and oxygen atoms in total. The summed E-state index contributed by atoms with van der Waals surface area (Å²) in [7, 11) is 1.43. The number of hydrogen-bond donors (Lipinski definition) is 2. The Kier molecular flexibility index (Phi) is 9.41. The molecule has 0 fully saturated rings. The van der Waals surface area contributed by atoms with Crippen molar-refractivity contribution in [2.45, 2.75) is 6.92 Å². The molecule has 186 valence electrons. The lowest BCUT2D eigenvalue weighted by Gasteiger charge is -2.10. The monoisotopic (exact) mass is 509 g/mol. The molecule has 0 aliphatic carbocycles. The Hall–Kier alpha value is -4.37. The van der Waals surface area contributed by atoms with Crippen LogP contribution in [-0.4, -0.2) is 44.3 Å². The maximum atomic E-state index is 12.4. The van der Waals surface area contributed by atoms with Crippen molar-refractivity contribution in [1.82, 2.24) is 10.7 Å². The van der Waals surface area contributed by atoms with E-state index in [1.165, 1.54) is 19.4 Å². The van der Waals surface area contributed by atoms with Crippen LogP contribution in [0.2, 0.25) is 5.02 Å². The quantitative estimate of drug-likeness (QED) is 0.186. The normalized spacial score (nSPS) is 10.5. The summed E-state index contributed by atoms with van der Waals surface area (Å²) < 4.78 is 16.0. The fourth-order valence-electron chi connectivity index (χ4n) is 2.98. The van der Waals surface area contributed by atoms with Crippen molar-refractivity contribution < 1.29 is 28.6 Å². The van der Waals surface area contributed by atoms with Gasteiger partial charge >= 0.3 is 5.97 Å². The number of hydrazone groups is 1. The van der Waals surface area contributed by atoms with Gasteiger partial charge in [-0.3, -0.25) is 9.59 Å². The summed E-state index contributed by atoms with van der Waals surface area (Å²) in [6.07, 6.45) is 1.38. The highest BCUT2D eigenvalue weighted by Gasteiger charge is 2.15. The average Bonchev–Trinajstić information content (AvgIpc) is 2.89. The lowest BCUT2D eigenvalue weighted by molar-refractivity contribution is -0.120. The molecule has 0 radical (unpaired) electrons. The van der Waals surface area contributed by atoms with E-state index in [1.54, 1.807) is 60.7 Å². The van der Waals surface area contributed by atoms with Crippen molar-refractivity contribution in [3.8, 4) is 17.2 Å². The second kappa shape index (κ2) is 12.9. The number of benzene rings is 3. The topological polar surface area (TPSA) is 115 Å². The third-order valence-corrected chi connectivity index (χ3v) is 5.05. The minimum atomic E-state index is -0.625. The summed E-state index contributed by atoms with van der Waals surface area (Å²) in [4.78, 5) is 36.6. The molecule has 0 atom stereocenters. The van der Waals surface area contributed by atoms with Gasteiger partial charge in [0.15, 0.2) is 11.5 Å². The molecule has 0 aliphatic rings. The van der Waals surface area contributed by atoms with Gasteiger partial charge in [0.05, 0.1) is 37.1 Å². The van der Waals surface area contributed by atoms with Gasteiger partial charge in [0.2, 0.25) is 0 Å². The molecule has 0 spiro atoms. The predicted molar refractivity (Wildman–Crippen MR) is 135 cm³/mol. The molecule has 0 heterocycles. The van der Waals surface area contributed by atoms with Crippen LogP contribution in [0.4, 0.5) is 0 Å². The Morgan fingerprint density at radius 3 is 2.44 bits per heavy atom. The standard InChI is InChI=1S/C26H24ClN3O6/c1-3-35-19-11-9-18(10-12-19)25(32)28-16-24(31)30-29-15-17-8-13-22(23(14-17)34-2)36-26(33)20-6-4-5-7-21(20)27/h4-15H,3,16H2,1-2H3,(H,28,32)(H,30,31)/b29-15-. The van der Waals surface area contributed by atoms with Crippen LogP contribution in [0, 0.1) is 0 Å². The summed E-state index contributed by atoms with van der Waals surface area (Å²) in [6.45, 7) is 2.14. The van der Waals surface area contributed by atoms with E-state index < -0.39 is 17.8 Å². The minimum absolute atomic E-state index is 0.195. The number of esters is 1. The van der Waals surface area contributed by atoms with Crippen molar-refractivity contribution in [1.29, 1.82) is 0 Å². The van der Waals surface area contributed by atoms with Gasteiger partial charge in [-0.15, -0.1) is 0 Å². The molecule has 3 aromatic carbocycles. The van der Waals surface area contributed by atoms with E-state index in [2.05, 4.69) is 15.8 Å². The molecular formula is C26H24ClN3O6. The van der Waals surface area contributed by atoms with Crippen molar-refractivity contribution in [3.63, 3.8) is 0 Å². The number of rotatable bonds is 10. The van der Waals surface area contributed by atoms with Crippen molar-refractivity contribution >= 4 is 35.6 Å². The van der Waals surface area contributed by atoms with Gasteiger partial charge in [0.25, 0.3) is 11.8 Å². The first-order chi connectivity index (χ1) is 17.4. The van der Waals surface area contributed by atoms with E-state index in [1.807, 2.05) is 6.92 Å². The maximum Gasteiger partial charge on any atom is 0.345 e. The summed E-state index contributed by atoms with van der Waals surface area (Å²) in [5.41, 5.74) is 3.53. The number of methoxy groups -OCH3 is 1. The molecule has 0 aliphatic heterocycles. The van der Waals surface area contributed by atoms with Crippen molar-refractivity contribution in [2.75, 3.05) is 20.3 Å². The van der Waals surface area contributed by atoms with Gasteiger partial charge in [-0.2, -0.15) is 5.10 Å². The largest absolute Gasteiger partial charge is 0.494 e. The van der Waals surface area contributed by atoms with Gasteiger partial charge in [-0.1, -0.05) is 23.7 Å². The Morgan fingerprint density at radius 2 is 1.75 bits per heavy atom. The van der Waals surface area contributed by atoms with Crippen LogP contribution in [0.25, 0.3) is 0 Å². The summed E-state index contributed by atoms with van der Waals surface area (Å²) >= 11 is 6.04. The van der Waals surface area contributed by atoms with Gasteiger partial charge in [0, 0.05) is 5.56 Å². The predicted octanol–water partition coefficient (Wildman–Crippen LogP) is 3.85. The first kappa shape index (κ1) is 26.2. The van der Waals surface area contributed by atoms with Crippen LogP contribution >= 0.6 is 11.6 Å². The smallest absolute Gasteiger partial charge is 0.345 e. The molecule has 2 N–H and O–H groups in total. The molecule has 0 saturated carbocycles. The highest BCUT2D eigenvalue weighted by molar-refractivity contribution is 6.33. The van der Waals surface area contributed by atoms with Gasteiger partial charge in [-0.25, -0.2) is 10.2 Å². The number of hydrogen-bond acceptors (Lipinski definition) is 7. The third kappa shape index (κ3) is 7.31. The molecular weight excluding hydrogens is 486 g/mol. The van der Waals surface area contributed by atoms with E-state index in [-0.39, 0.29) is 28.6 Å². The second-order valence-corrected chi connectivity index (χ2v) is 7.62. The zero-order chi connectivity index (χ0) is 25.9. The molecule has 10 heteroatoms. The Morgan fingerprint density at radius 1 is 1.00 bits per heavy atom. The second-order valence-electron chi connectivity index (χ2n) is 7.21. The Labute approximate surface area is 213 Å². The molecule has 36 heavy (non-hydrogen) atoms. The number of amides is 2. The Bertz CT molecular complexity index is 1260. The summed E-state index contributed by atoms with van der Waals surface area (Å²) in [6, 6.07) is 17.9. The van der Waals surface area contributed by atoms with Crippen LogP contribution in [0.15, 0.2) is 71.8 Å². The third-order valence-electron chi connectivity index (χ3n) is 4.72. The SMILES string of the molecule is CCOc1ccc(C(=O)NCC(=O)N/N=C\c2ccc(OC(=O)c3ccccc3Cl)c(OC)c2)cc1. The molecule has 0 saturated heterocycles.